The van der Waals surface area contributed by atoms with Crippen LogP contribution >= 0.6 is 0 Å². The van der Waals surface area contributed by atoms with Crippen molar-refractivity contribution >= 4 is 5.91 Å². The van der Waals surface area contributed by atoms with Crippen molar-refractivity contribution in [1.29, 1.82) is 0 Å². The molecule has 0 saturated heterocycles. The zero-order valence-corrected chi connectivity index (χ0v) is 10.8. The molecule has 0 aromatic heterocycles. The van der Waals surface area contributed by atoms with Crippen LogP contribution in [-0.2, 0) is 9.53 Å². The molecule has 1 saturated carbocycles. The Morgan fingerprint density at radius 2 is 2.19 bits per heavy atom. The van der Waals surface area contributed by atoms with Crippen LogP contribution in [0.5, 0.6) is 0 Å². The molecular weight excluding hydrogens is 204 g/mol. The minimum Gasteiger partial charge on any atom is -0.380 e. The van der Waals surface area contributed by atoms with E-state index >= 15 is 0 Å². The predicted molar refractivity (Wildman–Crippen MR) is 64.3 cm³/mol. The summed E-state index contributed by atoms with van der Waals surface area (Å²) < 4.78 is 5.38. The number of rotatable bonds is 5. The number of methoxy groups -OCH3 is 1. The molecule has 0 spiro atoms. The highest BCUT2D eigenvalue weighted by molar-refractivity contribution is 5.78. The highest BCUT2D eigenvalue weighted by Gasteiger charge is 2.27. The van der Waals surface area contributed by atoms with Crippen LogP contribution in [0.3, 0.4) is 0 Å². The molecule has 1 fully saturated rings. The van der Waals surface area contributed by atoms with Gasteiger partial charge < -0.3 is 15.0 Å². The number of likely N-dealkylation sites (N-methyl/N-ethyl adjacent to an activating group) is 1. The average molecular weight is 228 g/mol. The number of hydrogen-bond donors (Lipinski definition) is 1. The second-order valence-electron chi connectivity index (χ2n) is 4.79. The van der Waals surface area contributed by atoms with E-state index in [1.165, 1.54) is 6.42 Å². The summed E-state index contributed by atoms with van der Waals surface area (Å²) in [5.41, 5.74) is 0. The summed E-state index contributed by atoms with van der Waals surface area (Å²) in [6.45, 7) is 4.45. The third kappa shape index (κ3) is 3.46. The van der Waals surface area contributed by atoms with E-state index in [4.69, 9.17) is 4.74 Å². The molecule has 1 aliphatic rings. The van der Waals surface area contributed by atoms with Gasteiger partial charge in [-0.1, -0.05) is 0 Å². The second kappa shape index (κ2) is 6.21. The summed E-state index contributed by atoms with van der Waals surface area (Å²) >= 11 is 0. The number of carbonyl (C=O) groups is 1. The molecule has 2 unspecified atom stereocenters. The van der Waals surface area contributed by atoms with Gasteiger partial charge in [-0.3, -0.25) is 4.79 Å². The number of hydrogen-bond acceptors (Lipinski definition) is 3. The summed E-state index contributed by atoms with van der Waals surface area (Å²) in [4.78, 5) is 13.5. The fourth-order valence-corrected chi connectivity index (χ4v) is 2.07. The normalized spacial score (nSPS) is 25.1. The summed E-state index contributed by atoms with van der Waals surface area (Å²) in [5, 5.41) is 3.30. The van der Waals surface area contributed by atoms with E-state index in [-0.39, 0.29) is 18.1 Å². The maximum absolute atomic E-state index is 11.8. The molecule has 2 atom stereocenters. The first-order valence-electron chi connectivity index (χ1n) is 6.08. The molecule has 4 heteroatoms. The molecule has 94 valence electrons. The number of carbonyl (C=O) groups excluding carboxylic acids is 1. The zero-order valence-electron chi connectivity index (χ0n) is 10.8. The van der Waals surface area contributed by atoms with E-state index in [2.05, 4.69) is 5.32 Å². The van der Waals surface area contributed by atoms with Gasteiger partial charge in [0.15, 0.2) is 0 Å². The molecule has 0 radical (unpaired) electrons. The lowest BCUT2D eigenvalue weighted by Crippen LogP contribution is -2.45. The molecule has 1 aliphatic carbocycles. The van der Waals surface area contributed by atoms with Gasteiger partial charge >= 0.3 is 0 Å². The van der Waals surface area contributed by atoms with Crippen molar-refractivity contribution in [3.8, 4) is 0 Å². The Balaban J connectivity index is 2.31. The minimum atomic E-state index is 0.150. The maximum atomic E-state index is 11.8. The topological polar surface area (TPSA) is 41.6 Å². The Kier molecular flexibility index (Phi) is 5.22. The van der Waals surface area contributed by atoms with E-state index in [9.17, 15) is 4.79 Å². The van der Waals surface area contributed by atoms with Gasteiger partial charge in [-0.15, -0.1) is 0 Å². The fraction of sp³-hybridized carbons (Fsp3) is 0.917. The van der Waals surface area contributed by atoms with Crippen molar-refractivity contribution in [3.63, 3.8) is 0 Å². The van der Waals surface area contributed by atoms with Crippen LogP contribution in [-0.4, -0.2) is 49.7 Å². The Bertz CT molecular complexity index is 231. The van der Waals surface area contributed by atoms with Crippen LogP contribution in [0.25, 0.3) is 0 Å². The van der Waals surface area contributed by atoms with E-state index in [0.29, 0.717) is 12.6 Å². The van der Waals surface area contributed by atoms with Crippen LogP contribution in [0.1, 0.15) is 33.1 Å². The second-order valence-corrected chi connectivity index (χ2v) is 4.79. The van der Waals surface area contributed by atoms with Crippen LogP contribution in [0.4, 0.5) is 0 Å². The van der Waals surface area contributed by atoms with Gasteiger partial charge in [-0.25, -0.2) is 0 Å². The summed E-state index contributed by atoms with van der Waals surface area (Å²) in [5.74, 6) is 0.150. The Hall–Kier alpha value is -0.610. The van der Waals surface area contributed by atoms with Crippen LogP contribution in [0.2, 0.25) is 0 Å². The van der Waals surface area contributed by atoms with E-state index < -0.39 is 0 Å². The summed E-state index contributed by atoms with van der Waals surface area (Å²) in [7, 11) is 3.59. The van der Waals surface area contributed by atoms with E-state index in [1.807, 2.05) is 20.9 Å². The molecule has 1 N–H and O–H groups in total. The van der Waals surface area contributed by atoms with E-state index in [1.54, 1.807) is 12.0 Å². The minimum absolute atomic E-state index is 0.150. The van der Waals surface area contributed by atoms with Gasteiger partial charge in [0.1, 0.15) is 0 Å². The monoisotopic (exact) mass is 228 g/mol. The SMILES string of the molecule is COC1CCCC1NCC(=O)N(C)C(C)C. The lowest BCUT2D eigenvalue weighted by Gasteiger charge is -2.24. The van der Waals surface area contributed by atoms with Crippen molar-refractivity contribution in [1.82, 2.24) is 10.2 Å². The molecular formula is C12H24N2O2. The lowest BCUT2D eigenvalue weighted by atomic mass is 10.2. The highest BCUT2D eigenvalue weighted by Crippen LogP contribution is 2.21. The molecule has 16 heavy (non-hydrogen) atoms. The quantitative estimate of drug-likeness (QED) is 0.763. The predicted octanol–water partition coefficient (Wildman–Crippen LogP) is 1.01. The van der Waals surface area contributed by atoms with Crippen LogP contribution < -0.4 is 5.32 Å². The van der Waals surface area contributed by atoms with Gasteiger partial charge in [0.05, 0.1) is 12.6 Å². The summed E-state index contributed by atoms with van der Waals surface area (Å²) in [6, 6.07) is 0.602. The lowest BCUT2D eigenvalue weighted by molar-refractivity contribution is -0.130. The Morgan fingerprint density at radius 1 is 1.50 bits per heavy atom. The maximum Gasteiger partial charge on any atom is 0.236 e. The highest BCUT2D eigenvalue weighted by atomic mass is 16.5. The fourth-order valence-electron chi connectivity index (χ4n) is 2.07. The zero-order chi connectivity index (χ0) is 12.1. The molecule has 4 nitrogen and oxygen atoms in total. The molecule has 0 aromatic carbocycles. The van der Waals surface area contributed by atoms with Gasteiger partial charge in [0.25, 0.3) is 0 Å². The van der Waals surface area contributed by atoms with Crippen molar-refractivity contribution in [2.24, 2.45) is 0 Å². The largest absolute Gasteiger partial charge is 0.380 e. The first kappa shape index (κ1) is 13.5. The summed E-state index contributed by atoms with van der Waals surface area (Å²) in [6.07, 6.45) is 3.67. The standard InChI is InChI=1S/C12H24N2O2/c1-9(2)14(3)12(15)8-13-10-6-5-7-11(10)16-4/h9-11,13H,5-8H2,1-4H3. The average Bonchev–Trinajstić information content (AvgIpc) is 2.71. The molecule has 1 rings (SSSR count). The molecule has 0 aliphatic heterocycles. The smallest absolute Gasteiger partial charge is 0.236 e. The third-order valence-corrected chi connectivity index (χ3v) is 3.44. The van der Waals surface area contributed by atoms with Crippen LogP contribution in [0, 0.1) is 0 Å². The van der Waals surface area contributed by atoms with Crippen molar-refractivity contribution in [2.45, 2.75) is 51.3 Å². The number of ether oxygens (including phenoxy) is 1. The van der Waals surface area contributed by atoms with Gasteiger partial charge in [0, 0.05) is 26.2 Å². The number of amides is 1. The first-order valence-corrected chi connectivity index (χ1v) is 6.08. The van der Waals surface area contributed by atoms with E-state index in [0.717, 1.165) is 12.8 Å². The molecule has 0 bridgehead atoms. The Labute approximate surface area is 98.3 Å². The van der Waals surface area contributed by atoms with Gasteiger partial charge in [-0.2, -0.15) is 0 Å². The van der Waals surface area contributed by atoms with Gasteiger partial charge in [-0.05, 0) is 33.1 Å². The molecule has 1 amide bonds. The molecule has 0 aromatic rings. The third-order valence-electron chi connectivity index (χ3n) is 3.44. The van der Waals surface area contributed by atoms with Crippen molar-refractivity contribution in [2.75, 3.05) is 20.7 Å². The van der Waals surface area contributed by atoms with Crippen LogP contribution in [0.15, 0.2) is 0 Å². The number of nitrogens with zero attached hydrogens (tertiary/aromatic N) is 1. The van der Waals surface area contributed by atoms with Crippen molar-refractivity contribution in [3.05, 3.63) is 0 Å². The number of nitrogens with one attached hydrogen (secondary N) is 1. The van der Waals surface area contributed by atoms with Crippen molar-refractivity contribution < 1.29 is 9.53 Å². The first-order chi connectivity index (χ1) is 7.56. The Morgan fingerprint density at radius 3 is 2.75 bits per heavy atom. The molecule has 0 heterocycles. The van der Waals surface area contributed by atoms with Gasteiger partial charge in [0.2, 0.25) is 5.91 Å².